The van der Waals surface area contributed by atoms with Gasteiger partial charge in [0.05, 0.1) is 5.92 Å². The molecule has 0 aromatic heterocycles. The van der Waals surface area contributed by atoms with Gasteiger partial charge in [-0.25, -0.2) is 0 Å². The van der Waals surface area contributed by atoms with Gasteiger partial charge in [-0.1, -0.05) is 60.1 Å². The van der Waals surface area contributed by atoms with E-state index in [0.29, 0.717) is 40.7 Å². The van der Waals surface area contributed by atoms with Gasteiger partial charge in [0.2, 0.25) is 0 Å². The Morgan fingerprint density at radius 3 is 2.58 bits per heavy atom. The van der Waals surface area contributed by atoms with Gasteiger partial charge in [-0.05, 0) is 36.9 Å². The van der Waals surface area contributed by atoms with Gasteiger partial charge in [0, 0.05) is 33.3 Å². The summed E-state index contributed by atoms with van der Waals surface area (Å²) in [5.74, 6) is -0.334. The van der Waals surface area contributed by atoms with Crippen molar-refractivity contribution in [3.05, 3.63) is 105 Å². The summed E-state index contributed by atoms with van der Waals surface area (Å²) in [6.07, 6.45) is 0. The number of likely N-dealkylation sites (N-methyl/N-ethyl adjacent to an activating group) is 1. The van der Waals surface area contributed by atoms with E-state index in [9.17, 15) is 14.9 Å². The second kappa shape index (κ2) is 8.17. The van der Waals surface area contributed by atoms with E-state index >= 15 is 0 Å². The zero-order valence-electron chi connectivity index (χ0n) is 17.9. The lowest BCUT2D eigenvalue weighted by atomic mass is 9.79. The first-order chi connectivity index (χ1) is 15.9. The Bertz CT molecular complexity index is 1230. The number of nitrogens with one attached hydrogen (secondary N) is 1. The van der Waals surface area contributed by atoms with Crippen LogP contribution in [0.5, 0.6) is 5.75 Å². The molecule has 3 atom stereocenters. The number of ether oxygens (including phenoxy) is 1. The fourth-order valence-electron chi connectivity index (χ4n) is 5.22. The van der Waals surface area contributed by atoms with Gasteiger partial charge >= 0.3 is 0 Å². The maximum absolute atomic E-state index is 13.3. The van der Waals surface area contributed by atoms with Gasteiger partial charge in [0.15, 0.2) is 5.54 Å². The molecule has 1 fully saturated rings. The Hall–Kier alpha value is -3.42. The molecule has 1 saturated heterocycles. The van der Waals surface area contributed by atoms with E-state index in [1.54, 1.807) is 31.3 Å². The minimum atomic E-state index is -1.38. The molecule has 0 radical (unpaired) electrons. The number of amides is 1. The van der Waals surface area contributed by atoms with Crippen molar-refractivity contribution >= 4 is 23.2 Å². The number of halogens is 1. The fraction of sp³-hybridized carbons (Fsp3) is 0.240. The summed E-state index contributed by atoms with van der Waals surface area (Å²) in [5, 5.41) is 16.0. The summed E-state index contributed by atoms with van der Waals surface area (Å²) in [6, 6.07) is 20.7. The molecule has 3 aromatic rings. The summed E-state index contributed by atoms with van der Waals surface area (Å²) < 4.78 is 6.10. The average Bonchev–Trinajstić information content (AvgIpc) is 3.28. The Labute approximate surface area is 196 Å². The minimum Gasteiger partial charge on any atom is -0.489 e. The number of nitro groups is 1. The van der Waals surface area contributed by atoms with Crippen molar-refractivity contribution in [3.8, 4) is 5.75 Å². The summed E-state index contributed by atoms with van der Waals surface area (Å²) in [7, 11) is 1.77. The second-order valence-electron chi connectivity index (χ2n) is 8.44. The highest BCUT2D eigenvalue weighted by atomic mass is 35.5. The largest absolute Gasteiger partial charge is 0.489 e. The molecule has 8 heteroatoms. The van der Waals surface area contributed by atoms with Crippen LogP contribution in [0.3, 0.4) is 0 Å². The van der Waals surface area contributed by atoms with E-state index in [-0.39, 0.29) is 10.8 Å². The van der Waals surface area contributed by atoms with Crippen molar-refractivity contribution in [1.82, 2.24) is 4.90 Å². The van der Waals surface area contributed by atoms with Crippen molar-refractivity contribution in [2.45, 2.75) is 24.1 Å². The molecule has 0 unspecified atom stereocenters. The van der Waals surface area contributed by atoms with Crippen LogP contribution in [0.1, 0.15) is 22.6 Å². The van der Waals surface area contributed by atoms with E-state index < -0.39 is 17.5 Å². The smallest absolute Gasteiger partial charge is 0.256 e. The number of fused-ring (bicyclic) bond motifs is 2. The van der Waals surface area contributed by atoms with Gasteiger partial charge in [-0.3, -0.25) is 19.8 Å². The van der Waals surface area contributed by atoms with Crippen LogP contribution in [-0.2, 0) is 16.9 Å². The number of hydrogen-bond donors (Lipinski definition) is 1. The van der Waals surface area contributed by atoms with Crippen molar-refractivity contribution in [3.63, 3.8) is 0 Å². The molecular formula is C25H22ClN3O4. The standard InChI is InChI=1S/C25H22ClN3O4/c1-28-14-19(18-6-2-5-9-22(18)33-15-16-10-12-17(26)13-11-16)23(29(31)32)25(28)20-7-3-4-8-21(20)27-24(25)30/h2-13,19,23H,14-15H2,1H3,(H,27,30)/t19-,23-,25+/m1/s1. The molecule has 5 rings (SSSR count). The monoisotopic (exact) mass is 463 g/mol. The number of carbonyl (C=O) groups is 1. The third-order valence-corrected chi connectivity index (χ3v) is 6.92. The summed E-state index contributed by atoms with van der Waals surface area (Å²) in [6.45, 7) is 0.642. The maximum atomic E-state index is 13.3. The van der Waals surface area contributed by atoms with Gasteiger partial charge < -0.3 is 10.1 Å². The molecule has 33 heavy (non-hydrogen) atoms. The quantitative estimate of drug-likeness (QED) is 0.446. The highest BCUT2D eigenvalue weighted by Crippen LogP contribution is 2.52. The van der Waals surface area contributed by atoms with E-state index in [2.05, 4.69) is 5.32 Å². The number of hydrogen-bond acceptors (Lipinski definition) is 5. The maximum Gasteiger partial charge on any atom is 0.256 e. The molecule has 168 valence electrons. The average molecular weight is 464 g/mol. The highest BCUT2D eigenvalue weighted by molar-refractivity contribution is 6.30. The number of likely N-dealkylation sites (tertiary alicyclic amines) is 1. The molecule has 3 aromatic carbocycles. The van der Waals surface area contributed by atoms with Gasteiger partial charge in [-0.15, -0.1) is 0 Å². The normalized spacial score (nSPS) is 24.0. The molecule has 1 N–H and O–H groups in total. The number of para-hydroxylation sites is 2. The van der Waals surface area contributed by atoms with Gasteiger partial charge in [-0.2, -0.15) is 0 Å². The number of nitrogens with zero attached hydrogens (tertiary/aromatic N) is 2. The minimum absolute atomic E-state index is 0.300. The van der Waals surface area contributed by atoms with Crippen LogP contribution in [-0.4, -0.2) is 35.4 Å². The van der Waals surface area contributed by atoms with Crippen molar-refractivity contribution < 1.29 is 14.5 Å². The number of carbonyl (C=O) groups excluding carboxylic acids is 1. The fourth-order valence-corrected chi connectivity index (χ4v) is 5.35. The zero-order valence-corrected chi connectivity index (χ0v) is 18.7. The Morgan fingerprint density at radius 1 is 1.12 bits per heavy atom. The molecule has 2 aliphatic heterocycles. The van der Waals surface area contributed by atoms with Crippen molar-refractivity contribution in [1.29, 1.82) is 0 Å². The van der Waals surface area contributed by atoms with Crippen LogP contribution in [0, 0.1) is 10.1 Å². The summed E-state index contributed by atoms with van der Waals surface area (Å²) in [4.78, 5) is 27.3. The predicted molar refractivity (Wildman–Crippen MR) is 125 cm³/mol. The van der Waals surface area contributed by atoms with Gasteiger partial charge in [0.1, 0.15) is 12.4 Å². The number of rotatable bonds is 5. The van der Waals surface area contributed by atoms with Crippen LogP contribution in [0.15, 0.2) is 72.8 Å². The topological polar surface area (TPSA) is 84.7 Å². The third-order valence-electron chi connectivity index (χ3n) is 6.67. The van der Waals surface area contributed by atoms with E-state index in [0.717, 1.165) is 5.56 Å². The summed E-state index contributed by atoms with van der Waals surface area (Å²) in [5.41, 5.74) is 1.53. The first-order valence-corrected chi connectivity index (χ1v) is 11.0. The lowest BCUT2D eigenvalue weighted by Gasteiger charge is -2.30. The number of benzene rings is 3. The van der Waals surface area contributed by atoms with Crippen LogP contribution in [0.25, 0.3) is 0 Å². The molecule has 0 aliphatic carbocycles. The van der Waals surface area contributed by atoms with E-state index in [1.807, 2.05) is 53.4 Å². The molecule has 2 heterocycles. The lowest BCUT2D eigenvalue weighted by Crippen LogP contribution is -2.54. The van der Waals surface area contributed by atoms with Gasteiger partial charge in [0.25, 0.3) is 11.9 Å². The zero-order chi connectivity index (χ0) is 23.2. The van der Waals surface area contributed by atoms with E-state index in [1.165, 1.54) is 0 Å². The van der Waals surface area contributed by atoms with Crippen molar-refractivity contribution in [2.24, 2.45) is 0 Å². The first kappa shape index (κ1) is 21.4. The Balaban J connectivity index is 1.54. The predicted octanol–water partition coefficient (Wildman–Crippen LogP) is 4.44. The molecule has 7 nitrogen and oxygen atoms in total. The number of anilines is 1. The molecule has 0 saturated carbocycles. The van der Waals surface area contributed by atoms with Crippen LogP contribution in [0.4, 0.5) is 5.69 Å². The Kier molecular flexibility index (Phi) is 5.31. The second-order valence-corrected chi connectivity index (χ2v) is 8.87. The lowest BCUT2D eigenvalue weighted by molar-refractivity contribution is -0.534. The van der Waals surface area contributed by atoms with E-state index in [4.69, 9.17) is 16.3 Å². The molecule has 1 amide bonds. The first-order valence-electron chi connectivity index (χ1n) is 10.6. The Morgan fingerprint density at radius 2 is 1.82 bits per heavy atom. The van der Waals surface area contributed by atoms with Crippen LogP contribution in [0.2, 0.25) is 5.02 Å². The molecule has 0 bridgehead atoms. The SMILES string of the molecule is CN1C[C@H](c2ccccc2OCc2ccc(Cl)cc2)[C@@H]([N+](=O)[O-])[C@@]12C(=O)Nc1ccccc12. The molecule has 2 aliphatic rings. The van der Waals surface area contributed by atoms with Crippen LogP contribution < -0.4 is 10.1 Å². The highest BCUT2D eigenvalue weighted by Gasteiger charge is 2.68. The summed E-state index contributed by atoms with van der Waals surface area (Å²) >= 11 is 5.96. The van der Waals surface area contributed by atoms with Crippen molar-refractivity contribution in [2.75, 3.05) is 18.9 Å². The van der Waals surface area contributed by atoms with Crippen LogP contribution >= 0.6 is 11.6 Å². The molecular weight excluding hydrogens is 442 g/mol. The molecule has 1 spiro atoms. The third kappa shape index (κ3) is 3.35.